The van der Waals surface area contributed by atoms with E-state index in [1.807, 2.05) is 0 Å². The molecule has 0 aliphatic heterocycles. The molecule has 0 aliphatic rings. The van der Waals surface area contributed by atoms with Gasteiger partial charge in [0.15, 0.2) is 6.07 Å². The van der Waals surface area contributed by atoms with Crippen LogP contribution in [0.4, 0.5) is 0 Å². The van der Waals surface area contributed by atoms with E-state index in [1.54, 1.807) is 0 Å². The van der Waals surface area contributed by atoms with Crippen LogP contribution >= 0.6 is 0 Å². The molecule has 1 N–H and O–H groups in total. The van der Waals surface area contributed by atoms with E-state index in [1.165, 1.54) is 0 Å². The number of nitriles is 1. The van der Waals surface area contributed by atoms with E-state index in [0.29, 0.717) is 0 Å². The summed E-state index contributed by atoms with van der Waals surface area (Å²) in [5.41, 5.74) is 0. The normalized spacial score (nSPS) is 4.50. The van der Waals surface area contributed by atoms with E-state index in [4.69, 9.17) is 15.2 Å². The zero-order valence-corrected chi connectivity index (χ0v) is 2.30. The fourth-order valence-corrected chi connectivity index (χ4v) is 0. The van der Waals surface area contributed by atoms with Crippen molar-refractivity contribution in [3.05, 3.63) is 0 Å². The number of aliphatic carboxylic acids is 1. The van der Waals surface area contributed by atoms with Crippen LogP contribution in [0.25, 0.3) is 0 Å². The minimum atomic E-state index is -1.44. The van der Waals surface area contributed by atoms with Crippen LogP contribution in [0.5, 0.6) is 0 Å². The summed E-state index contributed by atoms with van der Waals surface area (Å²) in [4.78, 5) is 9.01. The van der Waals surface area contributed by atoms with Crippen LogP contribution < -0.4 is 0 Å². The fraction of sp³-hybridized carbons (Fsp3) is 0. The number of hydrogen-bond acceptors (Lipinski definition) is 2. The Hall–Kier alpha value is -0.0400. The Morgan fingerprint density at radius 3 is 2.00 bits per heavy atom. The second-order valence-corrected chi connectivity index (χ2v) is 0.417. The summed E-state index contributed by atoms with van der Waals surface area (Å²) in [7, 11) is 0. The number of carboxylic acid groups (broad SMARTS) is 1. The topological polar surface area (TPSA) is 61.1 Å². The van der Waals surface area contributed by atoms with Gasteiger partial charge in [0, 0.05) is 0 Å². The summed E-state index contributed by atoms with van der Waals surface area (Å²) in [6.45, 7) is 0. The quantitative estimate of drug-likeness (QED) is 0.237. The van der Waals surface area contributed by atoms with E-state index in [0.717, 1.165) is 6.07 Å². The predicted molar refractivity (Wildman–Crippen MR) is 20.4 cm³/mol. The van der Waals surface area contributed by atoms with Crippen LogP contribution in [0.2, 0.25) is 0 Å². The van der Waals surface area contributed by atoms with Gasteiger partial charge in [0.1, 0.15) is 0 Å². The molecule has 0 aromatic heterocycles. The molecule has 0 atom stereocenters. The van der Waals surface area contributed by atoms with Crippen molar-refractivity contribution in [3.63, 3.8) is 0 Å². The molecule has 0 spiro atoms. The van der Waals surface area contributed by atoms with Gasteiger partial charge in [0.2, 0.25) is 0 Å². The monoisotopic (exact) mass is 95.0 g/mol. The number of rotatable bonds is 0. The van der Waals surface area contributed by atoms with Gasteiger partial charge in [-0.25, -0.2) is 4.79 Å². The third-order valence-electron chi connectivity index (χ3n) is 0.0956. The average molecular weight is 95.0 g/mol. The van der Waals surface area contributed by atoms with Crippen LogP contribution in [-0.2, 0) is 4.79 Å². The van der Waals surface area contributed by atoms with Crippen molar-refractivity contribution in [2.45, 2.75) is 0 Å². The molecule has 0 fully saturated rings. The van der Waals surface area contributed by atoms with Gasteiger partial charge in [-0.05, 0) is 0 Å². The van der Waals surface area contributed by atoms with Gasteiger partial charge in [-0.2, -0.15) is 5.26 Å². The molecule has 0 saturated heterocycles. The van der Waals surface area contributed by atoms with Crippen molar-refractivity contribution >= 4 is 35.5 Å². The minimum absolute atomic E-state index is 0. The number of nitrogens with zero attached hydrogens (tertiary/aromatic N) is 1. The molecule has 0 aliphatic carbocycles. The molecule has 0 amide bonds. The van der Waals surface area contributed by atoms with Gasteiger partial charge in [0.05, 0.1) is 0 Å². The van der Waals surface area contributed by atoms with E-state index in [9.17, 15) is 0 Å². The Kier molecular flexibility index (Phi) is 7.73. The van der Waals surface area contributed by atoms with Crippen LogP contribution in [0.1, 0.15) is 0 Å². The first-order valence-corrected chi connectivity index (χ1v) is 0.901. The van der Waals surface area contributed by atoms with Crippen LogP contribution in [-0.4, -0.2) is 40.6 Å². The number of carboxylic acids is 1. The second-order valence-electron chi connectivity index (χ2n) is 0.417. The molecule has 3 nitrogen and oxygen atoms in total. The van der Waals surface area contributed by atoms with Crippen molar-refractivity contribution in [2.75, 3.05) is 0 Å². The van der Waals surface area contributed by atoms with Crippen molar-refractivity contribution in [2.24, 2.45) is 0 Å². The van der Waals surface area contributed by atoms with Crippen molar-refractivity contribution in [1.82, 2.24) is 0 Å². The van der Waals surface area contributed by atoms with Gasteiger partial charge in [0.25, 0.3) is 0 Å². The zero-order valence-electron chi connectivity index (χ0n) is 2.30. The molecule has 0 aromatic carbocycles. The third kappa shape index (κ3) is 9.03. The first-order valence-electron chi connectivity index (χ1n) is 0.901. The van der Waals surface area contributed by atoms with Crippen LogP contribution in [0.3, 0.4) is 0 Å². The Morgan fingerprint density at radius 2 is 2.00 bits per heavy atom. The fourth-order valence-electron chi connectivity index (χ4n) is 0. The van der Waals surface area contributed by atoms with Crippen molar-refractivity contribution in [1.29, 1.82) is 5.26 Å². The van der Waals surface area contributed by atoms with E-state index in [2.05, 4.69) is 0 Å². The first kappa shape index (κ1) is 9.35. The molecular formula is C2H2NNaO2. The number of carbonyl (C=O) groups is 1. The summed E-state index contributed by atoms with van der Waals surface area (Å²) in [6.07, 6.45) is 0. The second kappa shape index (κ2) is 4.96. The summed E-state index contributed by atoms with van der Waals surface area (Å²) in [6, 6.07) is 0.944. The summed E-state index contributed by atoms with van der Waals surface area (Å²) >= 11 is 0. The van der Waals surface area contributed by atoms with E-state index in [-0.39, 0.29) is 29.6 Å². The van der Waals surface area contributed by atoms with E-state index < -0.39 is 5.97 Å². The summed E-state index contributed by atoms with van der Waals surface area (Å²) < 4.78 is 0. The Balaban J connectivity index is 0. The molecule has 28 valence electrons. The molecule has 6 heavy (non-hydrogen) atoms. The maximum absolute atomic E-state index is 9.01. The Labute approximate surface area is 56.9 Å². The van der Waals surface area contributed by atoms with Gasteiger partial charge in [-0.15, -0.1) is 0 Å². The van der Waals surface area contributed by atoms with Gasteiger partial charge in [-0.3, -0.25) is 0 Å². The first-order chi connectivity index (χ1) is 2.27. The molecular weight excluding hydrogens is 93.0 g/mol. The number of hydrogen-bond donors (Lipinski definition) is 1. The Bertz CT molecular complexity index is 84.0. The SMILES string of the molecule is N#CC(=O)O.[NaH]. The van der Waals surface area contributed by atoms with Gasteiger partial charge < -0.3 is 5.11 Å². The molecule has 0 radical (unpaired) electrons. The van der Waals surface area contributed by atoms with Crippen LogP contribution in [0, 0.1) is 11.3 Å². The van der Waals surface area contributed by atoms with Crippen molar-refractivity contribution < 1.29 is 9.90 Å². The maximum atomic E-state index is 9.01. The van der Waals surface area contributed by atoms with Gasteiger partial charge >= 0.3 is 35.5 Å². The van der Waals surface area contributed by atoms with Crippen LogP contribution in [0.15, 0.2) is 0 Å². The summed E-state index contributed by atoms with van der Waals surface area (Å²) in [5.74, 6) is -1.44. The molecule has 0 bridgehead atoms. The average Bonchev–Trinajstić information content (AvgIpc) is 1.38. The van der Waals surface area contributed by atoms with E-state index >= 15 is 0 Å². The van der Waals surface area contributed by atoms with Crippen molar-refractivity contribution in [3.8, 4) is 6.07 Å². The summed E-state index contributed by atoms with van der Waals surface area (Å²) in [5, 5.41) is 14.7. The molecule has 0 aromatic rings. The van der Waals surface area contributed by atoms with Gasteiger partial charge in [-0.1, -0.05) is 0 Å². The molecule has 0 unspecified atom stereocenters. The standard InChI is InChI=1S/C2HNO2.Na.H/c3-1-2(4)5;;/h(H,4,5);;. The third-order valence-corrected chi connectivity index (χ3v) is 0.0956. The molecule has 4 heteroatoms. The molecule has 0 heterocycles. The zero-order chi connectivity index (χ0) is 4.28. The molecule has 0 rings (SSSR count). The Morgan fingerprint density at radius 1 is 1.83 bits per heavy atom. The predicted octanol–water partition coefficient (Wildman–Crippen LogP) is -1.05. The molecule has 0 saturated carbocycles.